The first-order valence-corrected chi connectivity index (χ1v) is 8.10. The Labute approximate surface area is 141 Å². The van der Waals surface area contributed by atoms with Crippen LogP contribution in [-0.2, 0) is 9.63 Å². The number of anilines is 1. The lowest BCUT2D eigenvalue weighted by atomic mass is 9.94. The number of aromatic nitrogens is 1. The molecule has 0 saturated heterocycles. The van der Waals surface area contributed by atoms with Crippen molar-refractivity contribution in [1.29, 1.82) is 0 Å². The molecule has 3 rings (SSSR count). The van der Waals surface area contributed by atoms with Gasteiger partial charge in [-0.15, -0.1) is 11.3 Å². The van der Waals surface area contributed by atoms with Crippen LogP contribution >= 0.6 is 11.3 Å². The number of thiazole rings is 1. The molecule has 24 heavy (non-hydrogen) atoms. The minimum atomic E-state index is -0.810. The van der Waals surface area contributed by atoms with Crippen LogP contribution in [0, 0.1) is 11.7 Å². The predicted molar refractivity (Wildman–Crippen MR) is 87.7 cm³/mol. The smallest absolute Gasteiger partial charge is 0.270 e. The van der Waals surface area contributed by atoms with Crippen molar-refractivity contribution >= 4 is 33.9 Å². The second kappa shape index (κ2) is 6.48. The van der Waals surface area contributed by atoms with Crippen LogP contribution < -0.4 is 5.32 Å². The Morgan fingerprint density at radius 1 is 1.29 bits per heavy atom. The van der Waals surface area contributed by atoms with Gasteiger partial charge in [0.1, 0.15) is 11.5 Å². The monoisotopic (exact) mass is 347 g/mol. The summed E-state index contributed by atoms with van der Waals surface area (Å²) >= 11 is 1.17. The van der Waals surface area contributed by atoms with E-state index in [0.717, 1.165) is 0 Å². The van der Waals surface area contributed by atoms with Gasteiger partial charge >= 0.3 is 0 Å². The number of oxime groups is 1. The number of Topliss-reactive ketones (excluding diaryl/α,β-unsaturated/α-hetero) is 1. The number of carbonyl (C=O) groups is 2. The number of hydrogen-bond acceptors (Lipinski definition) is 6. The largest absolute Gasteiger partial charge is 0.381 e. The molecule has 0 aliphatic carbocycles. The third-order valence-electron chi connectivity index (χ3n) is 3.64. The summed E-state index contributed by atoms with van der Waals surface area (Å²) in [6.45, 7) is 3.22. The summed E-state index contributed by atoms with van der Waals surface area (Å²) in [6, 6.07) is 5.84. The van der Waals surface area contributed by atoms with E-state index in [-0.39, 0.29) is 17.5 Å². The van der Waals surface area contributed by atoms with Crippen LogP contribution in [0.5, 0.6) is 0 Å². The summed E-state index contributed by atoms with van der Waals surface area (Å²) in [5.74, 6) is -1.21. The highest BCUT2D eigenvalue weighted by atomic mass is 32.1. The van der Waals surface area contributed by atoms with E-state index in [1.54, 1.807) is 17.5 Å². The first-order valence-electron chi connectivity index (χ1n) is 7.22. The van der Waals surface area contributed by atoms with Gasteiger partial charge in [0.15, 0.2) is 10.9 Å². The van der Waals surface area contributed by atoms with Crippen LogP contribution in [0.4, 0.5) is 9.52 Å². The number of nitrogens with zero attached hydrogens (tertiary/aromatic N) is 2. The topological polar surface area (TPSA) is 80.7 Å². The fraction of sp³-hybridized carbons (Fsp3) is 0.250. The number of amides is 1. The zero-order valence-electron chi connectivity index (χ0n) is 12.9. The van der Waals surface area contributed by atoms with Crippen molar-refractivity contribution in [2.24, 2.45) is 11.1 Å². The van der Waals surface area contributed by atoms with Gasteiger partial charge in [-0.25, -0.2) is 9.37 Å². The number of benzene rings is 1. The van der Waals surface area contributed by atoms with Crippen molar-refractivity contribution in [3.63, 3.8) is 0 Å². The zero-order valence-corrected chi connectivity index (χ0v) is 13.8. The van der Waals surface area contributed by atoms with Gasteiger partial charge in [0, 0.05) is 12.3 Å². The Morgan fingerprint density at radius 3 is 2.62 bits per heavy atom. The zero-order chi connectivity index (χ0) is 17.3. The molecule has 0 spiro atoms. The minimum Gasteiger partial charge on any atom is -0.381 e. The maximum atomic E-state index is 13.0. The highest BCUT2D eigenvalue weighted by molar-refractivity contribution is 7.14. The Bertz CT molecular complexity index is 816. The summed E-state index contributed by atoms with van der Waals surface area (Å²) in [7, 11) is 0. The molecule has 2 heterocycles. The molecular weight excluding hydrogens is 333 g/mol. The van der Waals surface area contributed by atoms with Gasteiger partial charge in [-0.3, -0.25) is 14.9 Å². The molecule has 0 fully saturated rings. The molecule has 0 saturated carbocycles. The van der Waals surface area contributed by atoms with Crippen LogP contribution in [0.2, 0.25) is 0 Å². The van der Waals surface area contributed by atoms with E-state index in [1.165, 1.54) is 30.4 Å². The summed E-state index contributed by atoms with van der Waals surface area (Å²) in [5, 5.41) is 8.50. The van der Waals surface area contributed by atoms with E-state index >= 15 is 0 Å². The normalized spacial score (nSPS) is 19.5. The lowest BCUT2D eigenvalue weighted by Crippen LogP contribution is -2.34. The van der Waals surface area contributed by atoms with E-state index in [4.69, 9.17) is 4.84 Å². The summed E-state index contributed by atoms with van der Waals surface area (Å²) in [4.78, 5) is 32.9. The van der Waals surface area contributed by atoms with E-state index < -0.39 is 12.0 Å². The first-order chi connectivity index (χ1) is 11.5. The molecule has 1 aliphatic heterocycles. The number of halogens is 1. The number of rotatable bonds is 4. The second-order valence-corrected chi connectivity index (χ2v) is 6.24. The summed E-state index contributed by atoms with van der Waals surface area (Å²) in [5.41, 5.74) is 1.59. The van der Waals surface area contributed by atoms with Gasteiger partial charge in [-0.05, 0) is 17.7 Å². The van der Waals surface area contributed by atoms with E-state index in [0.29, 0.717) is 22.1 Å². The van der Waals surface area contributed by atoms with Crippen LogP contribution in [0.3, 0.4) is 0 Å². The van der Waals surface area contributed by atoms with Gasteiger partial charge < -0.3 is 4.84 Å². The maximum Gasteiger partial charge on any atom is 0.270 e. The van der Waals surface area contributed by atoms with Gasteiger partial charge in [0.05, 0.1) is 11.6 Å². The molecule has 0 bridgehead atoms. The molecule has 0 unspecified atom stereocenters. The fourth-order valence-corrected chi connectivity index (χ4v) is 3.06. The molecule has 124 valence electrons. The number of hydrogen-bond donors (Lipinski definition) is 1. The molecule has 2 atom stereocenters. The molecule has 1 aromatic carbocycles. The first kappa shape index (κ1) is 16.3. The SMILES string of the molecule is CC(=O)c1csc(NC(=O)[C@@H]2ON=C(c3ccc(F)cc3)[C@@H]2C)n1. The number of nitrogens with one attached hydrogen (secondary N) is 1. The summed E-state index contributed by atoms with van der Waals surface area (Å²) in [6.07, 6.45) is -0.810. The Morgan fingerprint density at radius 2 is 2.00 bits per heavy atom. The van der Waals surface area contributed by atoms with E-state index in [1.807, 2.05) is 6.92 Å². The number of ketones is 1. The van der Waals surface area contributed by atoms with Crippen LogP contribution in [-0.4, -0.2) is 28.5 Å². The Kier molecular flexibility index (Phi) is 4.39. The van der Waals surface area contributed by atoms with Crippen molar-refractivity contribution in [3.05, 3.63) is 46.7 Å². The van der Waals surface area contributed by atoms with E-state index in [2.05, 4.69) is 15.5 Å². The average molecular weight is 347 g/mol. The van der Waals surface area contributed by atoms with Crippen LogP contribution in [0.15, 0.2) is 34.8 Å². The third kappa shape index (κ3) is 3.18. The van der Waals surface area contributed by atoms with Crippen LogP contribution in [0.25, 0.3) is 0 Å². The molecule has 1 N–H and O–H groups in total. The molecule has 6 nitrogen and oxygen atoms in total. The standard InChI is InChI=1S/C16H14FN3O3S/c1-8-13(10-3-5-11(17)6-4-10)20-23-14(8)15(22)19-16-18-12(7-24-16)9(2)21/h3-8,14H,1-2H3,(H,18,19,22)/t8-,14+/m0/s1. The quantitative estimate of drug-likeness (QED) is 0.863. The lowest BCUT2D eigenvalue weighted by Gasteiger charge is -2.13. The van der Waals surface area contributed by atoms with Crippen molar-refractivity contribution < 1.29 is 18.8 Å². The van der Waals surface area contributed by atoms with Crippen LogP contribution in [0.1, 0.15) is 29.9 Å². The maximum absolute atomic E-state index is 13.0. The molecule has 0 radical (unpaired) electrons. The number of carbonyl (C=O) groups excluding carboxylic acids is 2. The Balaban J connectivity index is 1.68. The minimum absolute atomic E-state index is 0.167. The molecule has 1 aromatic heterocycles. The molecule has 2 aromatic rings. The van der Waals surface area contributed by atoms with Crippen molar-refractivity contribution in [3.8, 4) is 0 Å². The average Bonchev–Trinajstić information content (AvgIpc) is 3.15. The summed E-state index contributed by atoms with van der Waals surface area (Å²) < 4.78 is 13.0. The molecule has 8 heteroatoms. The van der Waals surface area contributed by atoms with Crippen molar-refractivity contribution in [2.75, 3.05) is 5.32 Å². The molecular formula is C16H14FN3O3S. The molecule has 1 amide bonds. The highest BCUT2D eigenvalue weighted by Gasteiger charge is 2.37. The predicted octanol–water partition coefficient (Wildman–Crippen LogP) is 2.86. The van der Waals surface area contributed by atoms with Gasteiger partial charge in [0.2, 0.25) is 6.10 Å². The fourth-order valence-electron chi connectivity index (χ4n) is 2.31. The van der Waals surface area contributed by atoms with Gasteiger partial charge in [-0.1, -0.05) is 24.2 Å². The second-order valence-electron chi connectivity index (χ2n) is 5.38. The third-order valence-corrected chi connectivity index (χ3v) is 4.40. The highest BCUT2D eigenvalue weighted by Crippen LogP contribution is 2.25. The van der Waals surface area contributed by atoms with E-state index in [9.17, 15) is 14.0 Å². The van der Waals surface area contributed by atoms with Gasteiger partial charge in [-0.2, -0.15) is 0 Å². The molecule has 1 aliphatic rings. The lowest BCUT2D eigenvalue weighted by molar-refractivity contribution is -0.127. The van der Waals surface area contributed by atoms with Crippen molar-refractivity contribution in [1.82, 2.24) is 4.98 Å². The van der Waals surface area contributed by atoms with Crippen molar-refractivity contribution in [2.45, 2.75) is 20.0 Å². The Hall–Kier alpha value is -2.61. The van der Waals surface area contributed by atoms with Gasteiger partial charge in [0.25, 0.3) is 5.91 Å².